The molecule has 0 aromatic carbocycles. The fraction of sp³-hybridized carbons (Fsp3) is 0.950. The third-order valence-electron chi connectivity index (χ3n) is 5.74. The molecule has 1 unspecified atom stereocenters. The van der Waals surface area contributed by atoms with E-state index in [2.05, 4.69) is 35.5 Å². The van der Waals surface area contributed by atoms with Gasteiger partial charge in [-0.1, -0.05) is 13.8 Å². The second kappa shape index (κ2) is 11.2. The third-order valence-corrected chi connectivity index (χ3v) is 5.74. The summed E-state index contributed by atoms with van der Waals surface area (Å²) in [7, 11) is 1.95. The number of rotatable bonds is 8. The second-order valence-corrected chi connectivity index (χ2v) is 8.41. The maximum Gasteiger partial charge on any atom is 0.236 e. The molecule has 0 bridgehead atoms. The number of piperazine rings is 1. The molecule has 0 saturated carbocycles. The van der Waals surface area contributed by atoms with Gasteiger partial charge in [-0.25, -0.2) is 0 Å². The van der Waals surface area contributed by atoms with Crippen LogP contribution >= 0.6 is 0 Å². The van der Waals surface area contributed by atoms with E-state index in [1.807, 2.05) is 11.9 Å². The average Bonchev–Trinajstić information content (AvgIpc) is 2.88. The monoisotopic (exact) mass is 368 g/mol. The second-order valence-electron chi connectivity index (χ2n) is 8.41. The molecule has 2 aliphatic rings. The number of ether oxygens (including phenoxy) is 1. The molecule has 0 spiro atoms. The van der Waals surface area contributed by atoms with E-state index in [9.17, 15) is 4.79 Å². The molecule has 0 aromatic rings. The highest BCUT2D eigenvalue weighted by Crippen LogP contribution is 2.11. The minimum Gasteiger partial charge on any atom is -0.380 e. The van der Waals surface area contributed by atoms with Crippen LogP contribution in [0.1, 0.15) is 33.6 Å². The van der Waals surface area contributed by atoms with Gasteiger partial charge in [0.05, 0.1) is 13.2 Å². The number of amides is 1. The van der Waals surface area contributed by atoms with E-state index < -0.39 is 0 Å². The van der Waals surface area contributed by atoms with Crippen molar-refractivity contribution < 1.29 is 9.53 Å². The van der Waals surface area contributed by atoms with Gasteiger partial charge in [-0.15, -0.1) is 0 Å². The van der Waals surface area contributed by atoms with E-state index in [0.29, 0.717) is 18.5 Å². The van der Waals surface area contributed by atoms with Gasteiger partial charge in [0, 0.05) is 72.1 Å². The highest BCUT2D eigenvalue weighted by atomic mass is 16.5. The zero-order valence-electron chi connectivity index (χ0n) is 17.5. The number of hydrogen-bond donors (Lipinski definition) is 0. The SMILES string of the molecule is CC(C)CC(C)N(C)C(=O)CN1CCN(CCN2CCCOCC2)CC1. The van der Waals surface area contributed by atoms with Gasteiger partial charge in [-0.05, 0) is 25.7 Å². The Morgan fingerprint density at radius 1 is 0.923 bits per heavy atom. The Balaban J connectivity index is 1.63. The van der Waals surface area contributed by atoms with Crippen LogP contribution in [0.25, 0.3) is 0 Å². The van der Waals surface area contributed by atoms with Crippen LogP contribution in [0.15, 0.2) is 0 Å². The summed E-state index contributed by atoms with van der Waals surface area (Å²) in [5.74, 6) is 0.885. The summed E-state index contributed by atoms with van der Waals surface area (Å²) in [6.45, 7) is 17.6. The first kappa shape index (κ1) is 21.6. The Kier molecular flexibility index (Phi) is 9.33. The summed E-state index contributed by atoms with van der Waals surface area (Å²) in [4.78, 5) is 21.8. The van der Waals surface area contributed by atoms with Gasteiger partial charge in [-0.2, -0.15) is 0 Å². The molecule has 2 aliphatic heterocycles. The predicted octanol–water partition coefficient (Wildman–Crippen LogP) is 1.22. The van der Waals surface area contributed by atoms with Gasteiger partial charge in [0.2, 0.25) is 5.91 Å². The summed E-state index contributed by atoms with van der Waals surface area (Å²) in [6.07, 6.45) is 2.22. The smallest absolute Gasteiger partial charge is 0.236 e. The molecule has 1 atom stereocenters. The fourth-order valence-corrected chi connectivity index (χ4v) is 3.86. The number of hydrogen-bond acceptors (Lipinski definition) is 5. The van der Waals surface area contributed by atoms with Crippen molar-refractivity contribution >= 4 is 5.91 Å². The Hall–Kier alpha value is -0.690. The van der Waals surface area contributed by atoms with E-state index in [0.717, 1.165) is 78.4 Å². The van der Waals surface area contributed by atoms with Crippen molar-refractivity contribution in [3.63, 3.8) is 0 Å². The minimum absolute atomic E-state index is 0.260. The zero-order valence-corrected chi connectivity index (χ0v) is 17.5. The topological polar surface area (TPSA) is 39.3 Å². The van der Waals surface area contributed by atoms with Crippen molar-refractivity contribution in [1.82, 2.24) is 19.6 Å². The van der Waals surface area contributed by atoms with Crippen LogP contribution in [0.2, 0.25) is 0 Å². The molecule has 6 heteroatoms. The molecule has 26 heavy (non-hydrogen) atoms. The Morgan fingerprint density at radius 2 is 1.54 bits per heavy atom. The van der Waals surface area contributed by atoms with Crippen molar-refractivity contribution in [2.24, 2.45) is 5.92 Å². The van der Waals surface area contributed by atoms with E-state index in [1.165, 1.54) is 0 Å². The quantitative estimate of drug-likeness (QED) is 0.644. The van der Waals surface area contributed by atoms with Gasteiger partial charge < -0.3 is 9.64 Å². The van der Waals surface area contributed by atoms with Crippen LogP contribution in [0.4, 0.5) is 0 Å². The molecule has 0 aliphatic carbocycles. The van der Waals surface area contributed by atoms with Crippen molar-refractivity contribution in [3.05, 3.63) is 0 Å². The summed E-state index contributed by atoms with van der Waals surface area (Å²) >= 11 is 0. The standard InChI is InChI=1S/C20H40N4O2/c1-18(2)16-19(3)21(4)20(25)17-24-11-9-23(10-12-24)8-7-22-6-5-14-26-15-13-22/h18-19H,5-17H2,1-4H3. The van der Waals surface area contributed by atoms with Crippen molar-refractivity contribution in [2.45, 2.75) is 39.7 Å². The summed E-state index contributed by atoms with van der Waals surface area (Å²) in [5, 5.41) is 0. The molecule has 2 fully saturated rings. The van der Waals surface area contributed by atoms with Crippen LogP contribution in [0, 0.1) is 5.92 Å². The molecule has 6 nitrogen and oxygen atoms in total. The van der Waals surface area contributed by atoms with E-state index in [-0.39, 0.29) is 5.91 Å². The van der Waals surface area contributed by atoms with Gasteiger partial charge in [0.1, 0.15) is 0 Å². The summed E-state index contributed by atoms with van der Waals surface area (Å²) in [6, 6.07) is 0.321. The van der Waals surface area contributed by atoms with Crippen LogP contribution in [-0.4, -0.2) is 111 Å². The molecule has 2 saturated heterocycles. The highest BCUT2D eigenvalue weighted by Gasteiger charge is 2.23. The lowest BCUT2D eigenvalue weighted by atomic mass is 10.0. The van der Waals surface area contributed by atoms with Gasteiger partial charge in [0.15, 0.2) is 0 Å². The number of carbonyl (C=O) groups is 1. The summed E-state index contributed by atoms with van der Waals surface area (Å²) in [5.41, 5.74) is 0. The van der Waals surface area contributed by atoms with E-state index in [4.69, 9.17) is 4.74 Å². The molecule has 0 N–H and O–H groups in total. The molecular weight excluding hydrogens is 328 g/mol. The molecule has 0 radical (unpaired) electrons. The Morgan fingerprint density at radius 3 is 2.19 bits per heavy atom. The predicted molar refractivity (Wildman–Crippen MR) is 106 cm³/mol. The number of carbonyl (C=O) groups excluding carboxylic acids is 1. The first-order valence-electron chi connectivity index (χ1n) is 10.5. The summed E-state index contributed by atoms with van der Waals surface area (Å²) < 4.78 is 5.53. The maximum atomic E-state index is 12.5. The van der Waals surface area contributed by atoms with Crippen molar-refractivity contribution in [2.75, 3.05) is 79.2 Å². The average molecular weight is 369 g/mol. The number of nitrogens with zero attached hydrogens (tertiary/aromatic N) is 4. The maximum absolute atomic E-state index is 12.5. The Bertz CT molecular complexity index is 403. The third kappa shape index (κ3) is 7.51. The molecule has 2 rings (SSSR count). The van der Waals surface area contributed by atoms with Gasteiger partial charge in [-0.3, -0.25) is 19.5 Å². The molecule has 0 aromatic heterocycles. The van der Waals surface area contributed by atoms with Crippen LogP contribution in [0.5, 0.6) is 0 Å². The number of likely N-dealkylation sites (N-methyl/N-ethyl adjacent to an activating group) is 1. The van der Waals surface area contributed by atoms with Crippen LogP contribution in [-0.2, 0) is 9.53 Å². The van der Waals surface area contributed by atoms with Gasteiger partial charge in [0.25, 0.3) is 0 Å². The zero-order chi connectivity index (χ0) is 18.9. The normalized spacial score (nSPS) is 22.3. The first-order chi connectivity index (χ1) is 12.5. The molecule has 152 valence electrons. The fourth-order valence-electron chi connectivity index (χ4n) is 3.86. The minimum atomic E-state index is 0.260. The molecular formula is C20H40N4O2. The van der Waals surface area contributed by atoms with Crippen LogP contribution in [0.3, 0.4) is 0 Å². The first-order valence-corrected chi connectivity index (χ1v) is 10.5. The molecule has 2 heterocycles. The largest absolute Gasteiger partial charge is 0.380 e. The Labute approximate surface area is 160 Å². The lowest BCUT2D eigenvalue weighted by Gasteiger charge is -2.36. The van der Waals surface area contributed by atoms with E-state index in [1.54, 1.807) is 0 Å². The highest BCUT2D eigenvalue weighted by molar-refractivity contribution is 5.78. The lowest BCUT2D eigenvalue weighted by Crippen LogP contribution is -2.51. The van der Waals surface area contributed by atoms with Crippen LogP contribution < -0.4 is 0 Å². The molecule has 1 amide bonds. The lowest BCUT2D eigenvalue weighted by molar-refractivity contribution is -0.133. The van der Waals surface area contributed by atoms with Crippen molar-refractivity contribution in [1.29, 1.82) is 0 Å². The van der Waals surface area contributed by atoms with Gasteiger partial charge >= 0.3 is 0 Å². The van der Waals surface area contributed by atoms with Crippen molar-refractivity contribution in [3.8, 4) is 0 Å². The van der Waals surface area contributed by atoms with E-state index >= 15 is 0 Å².